The highest BCUT2D eigenvalue weighted by Crippen LogP contribution is 2.45. The van der Waals surface area contributed by atoms with E-state index in [4.69, 9.17) is 39.2 Å². The van der Waals surface area contributed by atoms with Crippen LogP contribution in [0.15, 0.2) is 52.7 Å². The highest BCUT2D eigenvalue weighted by atomic mass is 35.5. The summed E-state index contributed by atoms with van der Waals surface area (Å²) < 4.78 is 62.1. The zero-order chi connectivity index (χ0) is 30.1. The van der Waals surface area contributed by atoms with E-state index in [2.05, 4.69) is 5.87 Å². The maximum absolute atomic E-state index is 11.7. The molecule has 14 heteroatoms. The number of anilines is 2. The van der Waals surface area contributed by atoms with Crippen molar-refractivity contribution in [1.82, 2.24) is 0 Å². The first-order valence-electron chi connectivity index (χ1n) is 12.8. The molecule has 0 saturated heterocycles. The number of hydrogen-bond acceptors (Lipinski definition) is 6. The first-order valence-corrected chi connectivity index (χ1v) is 17.3. The molecule has 4 rings (SSSR count). The Balaban J connectivity index is 1.72. The Kier molecular flexibility index (Phi) is 9.69. The lowest BCUT2D eigenvalue weighted by Crippen LogP contribution is -2.36. The van der Waals surface area contributed by atoms with Gasteiger partial charge in [0.1, 0.15) is 5.82 Å². The molecule has 2 unspecified atom stereocenters. The number of aryl methyl sites for hydroxylation is 1. The summed E-state index contributed by atoms with van der Waals surface area (Å²) >= 11 is 18.9. The zero-order valence-electron chi connectivity index (χ0n) is 22.5. The second-order valence-corrected chi connectivity index (χ2v) is 14.7. The van der Waals surface area contributed by atoms with Crippen LogP contribution in [0, 0.1) is 0 Å². The molecule has 0 aliphatic carbocycles. The molecule has 0 radical (unpaired) electrons. The van der Waals surface area contributed by atoms with E-state index in [1.807, 2.05) is 27.4 Å². The number of hydrogen-bond donors (Lipinski definition) is 2. The van der Waals surface area contributed by atoms with E-state index in [1.54, 1.807) is 42.5 Å². The van der Waals surface area contributed by atoms with Gasteiger partial charge in [-0.25, -0.2) is 4.21 Å². The van der Waals surface area contributed by atoms with Gasteiger partial charge in [0.2, 0.25) is 5.58 Å². The molecule has 2 heterocycles. The number of rotatable bonds is 11. The first kappa shape index (κ1) is 31.7. The van der Waals surface area contributed by atoms with Crippen molar-refractivity contribution in [3.63, 3.8) is 0 Å². The van der Waals surface area contributed by atoms with Crippen molar-refractivity contribution >= 4 is 89.1 Å². The van der Waals surface area contributed by atoms with E-state index in [-0.39, 0.29) is 18.7 Å². The third kappa shape index (κ3) is 7.40. The molecule has 2 N–H and O–H groups in total. The topological polar surface area (TPSA) is 115 Å². The Hall–Kier alpha value is -2.25. The lowest BCUT2D eigenvalue weighted by atomic mass is 10.2. The Morgan fingerprint density at radius 3 is 2.34 bits per heavy atom. The van der Waals surface area contributed by atoms with Gasteiger partial charge in [-0.15, -0.1) is 0 Å². The van der Waals surface area contributed by atoms with Gasteiger partial charge in [0, 0.05) is 36.4 Å². The smallest absolute Gasteiger partial charge is 0.374 e. The fraction of sp³-hybridized carbons (Fsp3) is 0.333. The van der Waals surface area contributed by atoms with Crippen LogP contribution in [0.25, 0.3) is 17.2 Å². The maximum Gasteiger partial charge on any atom is 0.374 e. The van der Waals surface area contributed by atoms with Gasteiger partial charge in [0.15, 0.2) is 6.54 Å². The fourth-order valence-corrected chi connectivity index (χ4v) is 6.12. The maximum atomic E-state index is 11.7. The van der Waals surface area contributed by atoms with Crippen LogP contribution in [-0.2, 0) is 26.5 Å². The molecule has 0 bridgehead atoms. The van der Waals surface area contributed by atoms with E-state index in [0.29, 0.717) is 46.1 Å². The summed E-state index contributed by atoms with van der Waals surface area (Å²) in [5.41, 5.74) is 2.93. The van der Waals surface area contributed by atoms with Crippen LogP contribution >= 0.6 is 34.8 Å². The highest BCUT2D eigenvalue weighted by molar-refractivity contribution is 7.95. The second-order valence-electron chi connectivity index (χ2n) is 9.68. The standard InChI is InChI=1S/C27H30Cl3N3O6S2/c1-4-31-22-16-20(29)21(30)17-23(22)32(13-11-18(2)41(36,37)38)26(31)7-5-8-27-33(12-6-14-40(3,34)35)24-15-19(28)9-10-25(24)39-27/h5,7-10,15-18H,3-4,6,11-14H2,1-2H3,(H-,34,35,36,37,38)/p+1. The molecular formula is C27H31Cl3N3O6S2+. The first-order chi connectivity index (χ1) is 19.2. The number of allylic oxidation sites excluding steroid dienone is 2. The van der Waals surface area contributed by atoms with Crippen LogP contribution in [0.1, 0.15) is 32.6 Å². The predicted octanol–water partition coefficient (Wildman–Crippen LogP) is 6.13. The van der Waals surface area contributed by atoms with Gasteiger partial charge in [0.05, 0.1) is 42.5 Å². The van der Waals surface area contributed by atoms with Crippen LogP contribution in [-0.4, -0.2) is 51.7 Å². The van der Waals surface area contributed by atoms with Crippen LogP contribution in [0.2, 0.25) is 15.1 Å². The summed E-state index contributed by atoms with van der Waals surface area (Å²) in [6.07, 6.45) is 6.01. The summed E-state index contributed by atoms with van der Waals surface area (Å²) in [6.45, 7) is 4.71. The van der Waals surface area contributed by atoms with Crippen molar-refractivity contribution < 1.29 is 30.7 Å². The minimum absolute atomic E-state index is 0.0340. The molecule has 3 aromatic rings. The molecule has 9 nitrogen and oxygen atoms in total. The van der Waals surface area contributed by atoms with Gasteiger partial charge in [0.25, 0.3) is 15.6 Å². The largest absolute Gasteiger partial charge is 0.398 e. The Labute approximate surface area is 255 Å². The van der Waals surface area contributed by atoms with Gasteiger partial charge in [-0.1, -0.05) is 34.8 Å². The third-order valence-electron chi connectivity index (χ3n) is 6.76. The van der Waals surface area contributed by atoms with E-state index in [9.17, 15) is 21.7 Å². The van der Waals surface area contributed by atoms with Gasteiger partial charge in [-0.2, -0.15) is 13.0 Å². The Morgan fingerprint density at radius 2 is 1.73 bits per heavy atom. The molecule has 2 aromatic carbocycles. The number of nitrogens with zero attached hydrogens (tertiary/aromatic N) is 3. The van der Waals surface area contributed by atoms with E-state index in [1.165, 1.54) is 6.92 Å². The SMILES string of the molecule is C=S(=O)(O)CCC[n+]1c(/C=C/C=C2\N(CC)c3cc(Cl)c(Cl)cc3N2CCC(C)S(=O)(=O)O)oc2ccc(Cl)cc21. The molecule has 0 amide bonds. The molecule has 0 fully saturated rings. The molecule has 1 aromatic heterocycles. The molecule has 0 spiro atoms. The fourth-order valence-electron chi connectivity index (χ4n) is 4.65. The van der Waals surface area contributed by atoms with Crippen LogP contribution in [0.5, 0.6) is 0 Å². The monoisotopic (exact) mass is 662 g/mol. The average molecular weight is 664 g/mol. The quantitative estimate of drug-likeness (QED) is 0.143. The molecule has 2 atom stereocenters. The molecule has 1 aliphatic heterocycles. The van der Waals surface area contributed by atoms with Crippen molar-refractivity contribution in [2.75, 3.05) is 28.6 Å². The molecule has 41 heavy (non-hydrogen) atoms. The summed E-state index contributed by atoms with van der Waals surface area (Å²) in [6, 6.07) is 8.77. The number of oxazole rings is 1. The van der Waals surface area contributed by atoms with Crippen molar-refractivity contribution in [2.45, 2.75) is 38.5 Å². The Bertz CT molecular complexity index is 1740. The average Bonchev–Trinajstić information content (AvgIpc) is 3.35. The molecule has 1 aliphatic rings. The van der Waals surface area contributed by atoms with Crippen molar-refractivity contribution in [3.05, 3.63) is 69.3 Å². The molecule has 0 saturated carbocycles. The third-order valence-corrected chi connectivity index (χ3v) is 9.89. The Morgan fingerprint density at radius 1 is 1.07 bits per heavy atom. The van der Waals surface area contributed by atoms with Gasteiger partial charge >= 0.3 is 5.89 Å². The van der Waals surface area contributed by atoms with Crippen LogP contribution < -0.4 is 14.4 Å². The van der Waals surface area contributed by atoms with E-state index >= 15 is 0 Å². The molecule has 222 valence electrons. The summed E-state index contributed by atoms with van der Waals surface area (Å²) in [4.78, 5) is 3.96. The lowest BCUT2D eigenvalue weighted by molar-refractivity contribution is -0.677. The van der Waals surface area contributed by atoms with Crippen LogP contribution in [0.4, 0.5) is 11.4 Å². The van der Waals surface area contributed by atoms with Gasteiger partial charge < -0.3 is 18.8 Å². The molecular weight excluding hydrogens is 633 g/mol. The summed E-state index contributed by atoms with van der Waals surface area (Å²) in [5.74, 6) is 4.60. The summed E-state index contributed by atoms with van der Waals surface area (Å²) in [5, 5.41) is 0.321. The number of aromatic nitrogens is 1. The summed E-state index contributed by atoms with van der Waals surface area (Å²) in [7, 11) is -7.33. The minimum atomic E-state index is -4.20. The van der Waals surface area contributed by atoms with E-state index < -0.39 is 25.2 Å². The predicted molar refractivity (Wildman–Crippen MR) is 168 cm³/mol. The van der Waals surface area contributed by atoms with Crippen molar-refractivity contribution in [2.24, 2.45) is 0 Å². The van der Waals surface area contributed by atoms with Crippen molar-refractivity contribution in [3.8, 4) is 0 Å². The zero-order valence-corrected chi connectivity index (χ0v) is 26.4. The van der Waals surface area contributed by atoms with Gasteiger partial charge in [-0.3, -0.25) is 4.55 Å². The minimum Gasteiger partial charge on any atom is -0.398 e. The second kappa shape index (κ2) is 12.5. The van der Waals surface area contributed by atoms with E-state index in [0.717, 1.165) is 22.7 Å². The highest BCUT2D eigenvalue weighted by Gasteiger charge is 2.32. The lowest BCUT2D eigenvalue weighted by Gasteiger charge is -2.25. The normalized spacial score (nSPS) is 17.1. The number of fused-ring (bicyclic) bond motifs is 2. The van der Waals surface area contributed by atoms with Crippen molar-refractivity contribution in [1.29, 1.82) is 0 Å². The number of halogens is 3. The van der Waals surface area contributed by atoms with Crippen LogP contribution in [0.3, 0.4) is 0 Å². The van der Waals surface area contributed by atoms with Gasteiger partial charge in [-0.05, 0) is 62.6 Å². The number of benzene rings is 2.